The van der Waals surface area contributed by atoms with Crippen LogP contribution in [0.2, 0.25) is 0 Å². The van der Waals surface area contributed by atoms with Crippen LogP contribution in [0.25, 0.3) is 0 Å². The Morgan fingerprint density at radius 1 is 1.42 bits per heavy atom. The van der Waals surface area contributed by atoms with E-state index in [1.807, 2.05) is 0 Å². The molecule has 1 aromatic rings. The van der Waals surface area contributed by atoms with Crippen LogP contribution in [-0.4, -0.2) is 24.0 Å². The van der Waals surface area contributed by atoms with Crippen LogP contribution in [-0.2, 0) is 9.59 Å². The number of nitrogens with one attached hydrogen (secondary N) is 2. The Balaban J connectivity index is 2.21. The maximum absolute atomic E-state index is 14.0. The Kier molecular flexibility index (Phi) is 5.64. The van der Waals surface area contributed by atoms with Crippen molar-refractivity contribution in [1.29, 1.82) is 0 Å². The third-order valence-corrected chi connectivity index (χ3v) is 4.66. The van der Waals surface area contributed by atoms with Gasteiger partial charge in [0, 0.05) is 12.5 Å². The molecule has 1 aliphatic rings. The number of amides is 2. The van der Waals surface area contributed by atoms with Crippen LogP contribution >= 0.6 is 0 Å². The molecule has 1 saturated heterocycles. The van der Waals surface area contributed by atoms with Gasteiger partial charge >= 0.3 is 0 Å². The Morgan fingerprint density at radius 3 is 2.65 bits per heavy atom. The second-order valence-electron chi connectivity index (χ2n) is 7.18. The molecule has 2 rings (SSSR count). The van der Waals surface area contributed by atoms with Crippen molar-refractivity contribution < 1.29 is 18.4 Å². The SMILES string of the molecule is C=C(/C=C(\C)C(C)(C)F)[C@H]1CNC(=O)[C@@H]1C(=O)Nc1ccc(C)cc1F. The number of aryl methyl sites for hydroxylation is 1. The molecule has 0 aliphatic carbocycles. The molecule has 0 saturated carbocycles. The lowest BCUT2D eigenvalue weighted by molar-refractivity contribution is -0.130. The van der Waals surface area contributed by atoms with Crippen molar-refractivity contribution in [2.24, 2.45) is 11.8 Å². The summed E-state index contributed by atoms with van der Waals surface area (Å²) >= 11 is 0. The maximum atomic E-state index is 14.0. The lowest BCUT2D eigenvalue weighted by Gasteiger charge is -2.20. The molecule has 0 spiro atoms. The number of carbonyl (C=O) groups is 2. The van der Waals surface area contributed by atoms with Gasteiger partial charge in [-0.2, -0.15) is 0 Å². The maximum Gasteiger partial charge on any atom is 0.237 e. The first-order valence-electron chi connectivity index (χ1n) is 8.42. The Hall–Kier alpha value is -2.50. The minimum absolute atomic E-state index is 0.0151. The molecule has 0 unspecified atom stereocenters. The summed E-state index contributed by atoms with van der Waals surface area (Å²) in [5.41, 5.74) is 0.143. The molecule has 1 aromatic carbocycles. The van der Waals surface area contributed by atoms with Crippen LogP contribution in [0, 0.1) is 24.6 Å². The van der Waals surface area contributed by atoms with Gasteiger partial charge in [0.1, 0.15) is 17.4 Å². The number of carbonyl (C=O) groups excluding carboxylic acids is 2. The lowest BCUT2D eigenvalue weighted by atomic mass is 9.86. The second kappa shape index (κ2) is 7.40. The molecule has 4 nitrogen and oxygen atoms in total. The predicted octanol–water partition coefficient (Wildman–Crippen LogP) is 3.69. The van der Waals surface area contributed by atoms with E-state index in [9.17, 15) is 18.4 Å². The summed E-state index contributed by atoms with van der Waals surface area (Å²) in [4.78, 5) is 24.7. The monoisotopic (exact) mass is 362 g/mol. The van der Waals surface area contributed by atoms with E-state index in [0.717, 1.165) is 5.56 Å². The van der Waals surface area contributed by atoms with Gasteiger partial charge in [-0.1, -0.05) is 18.7 Å². The van der Waals surface area contributed by atoms with Crippen LogP contribution < -0.4 is 10.6 Å². The highest BCUT2D eigenvalue weighted by Crippen LogP contribution is 2.30. The van der Waals surface area contributed by atoms with Crippen molar-refractivity contribution in [1.82, 2.24) is 5.32 Å². The average Bonchev–Trinajstić information content (AvgIpc) is 2.91. The molecule has 0 aromatic heterocycles. The number of halogens is 2. The first-order chi connectivity index (χ1) is 12.0. The third kappa shape index (κ3) is 4.36. The summed E-state index contributed by atoms with van der Waals surface area (Å²) in [5, 5.41) is 5.09. The summed E-state index contributed by atoms with van der Waals surface area (Å²) in [5.74, 6) is -3.20. The molecule has 6 heteroatoms. The molecule has 140 valence electrons. The number of rotatable bonds is 5. The van der Waals surface area contributed by atoms with E-state index in [1.165, 1.54) is 26.0 Å². The summed E-state index contributed by atoms with van der Waals surface area (Å²) in [6, 6.07) is 4.42. The highest BCUT2D eigenvalue weighted by molar-refractivity contribution is 6.08. The Bertz CT molecular complexity index is 779. The highest BCUT2D eigenvalue weighted by Gasteiger charge is 2.41. The van der Waals surface area contributed by atoms with Gasteiger partial charge in [0.25, 0.3) is 0 Å². The van der Waals surface area contributed by atoms with Crippen molar-refractivity contribution in [3.63, 3.8) is 0 Å². The van der Waals surface area contributed by atoms with E-state index >= 15 is 0 Å². The Labute approximate surface area is 152 Å². The molecule has 2 N–H and O–H groups in total. The zero-order valence-corrected chi connectivity index (χ0v) is 15.5. The summed E-state index contributed by atoms with van der Waals surface area (Å²) < 4.78 is 28.0. The van der Waals surface area contributed by atoms with Crippen LogP contribution in [0.1, 0.15) is 26.3 Å². The number of alkyl halides is 1. The summed E-state index contributed by atoms with van der Waals surface area (Å²) in [7, 11) is 0. The molecule has 0 radical (unpaired) electrons. The van der Waals surface area contributed by atoms with Crippen molar-refractivity contribution >= 4 is 17.5 Å². The standard InChI is InChI=1S/C20H24F2N2O2/c1-11-6-7-16(15(21)8-11)24-19(26)17-14(10-23-18(17)25)12(2)9-13(3)20(4,5)22/h6-9,14,17H,2,10H2,1,3-5H3,(H,23,25)(H,24,26)/b13-9+/t14-,17-/m1/s1. The van der Waals surface area contributed by atoms with Gasteiger partial charge in [-0.25, -0.2) is 8.78 Å². The average molecular weight is 362 g/mol. The van der Waals surface area contributed by atoms with E-state index in [4.69, 9.17) is 0 Å². The quantitative estimate of drug-likeness (QED) is 0.620. The van der Waals surface area contributed by atoms with Gasteiger partial charge in [-0.3, -0.25) is 9.59 Å². The van der Waals surface area contributed by atoms with E-state index in [-0.39, 0.29) is 12.2 Å². The number of allylic oxidation sites excluding steroid dienone is 2. The number of hydrogen-bond acceptors (Lipinski definition) is 2. The molecule has 0 bridgehead atoms. The van der Waals surface area contributed by atoms with Crippen LogP contribution in [0.15, 0.2) is 42.0 Å². The van der Waals surface area contributed by atoms with Gasteiger partial charge in [0.2, 0.25) is 11.8 Å². The Morgan fingerprint density at radius 2 is 2.08 bits per heavy atom. The van der Waals surface area contributed by atoms with Gasteiger partial charge in [-0.05, 0) is 56.5 Å². The summed E-state index contributed by atoms with van der Waals surface area (Å²) in [6.07, 6.45) is 1.57. The first kappa shape index (κ1) is 19.8. The molecule has 1 fully saturated rings. The molecule has 1 heterocycles. The minimum Gasteiger partial charge on any atom is -0.355 e. The number of anilines is 1. The smallest absolute Gasteiger partial charge is 0.237 e. The lowest BCUT2D eigenvalue weighted by Crippen LogP contribution is -2.33. The summed E-state index contributed by atoms with van der Waals surface area (Å²) in [6.45, 7) is 10.3. The van der Waals surface area contributed by atoms with E-state index in [1.54, 1.807) is 26.0 Å². The van der Waals surface area contributed by atoms with Gasteiger partial charge < -0.3 is 10.6 Å². The van der Waals surface area contributed by atoms with Gasteiger partial charge in [0.15, 0.2) is 0 Å². The topological polar surface area (TPSA) is 58.2 Å². The molecular weight excluding hydrogens is 338 g/mol. The predicted molar refractivity (Wildman–Crippen MR) is 97.8 cm³/mol. The van der Waals surface area contributed by atoms with Crippen LogP contribution in [0.3, 0.4) is 0 Å². The van der Waals surface area contributed by atoms with Gasteiger partial charge in [0.05, 0.1) is 5.69 Å². The molecule has 2 atom stereocenters. The highest BCUT2D eigenvalue weighted by atomic mass is 19.1. The van der Waals surface area contributed by atoms with Crippen molar-refractivity contribution in [3.8, 4) is 0 Å². The largest absolute Gasteiger partial charge is 0.355 e. The molecule has 26 heavy (non-hydrogen) atoms. The van der Waals surface area contributed by atoms with E-state index in [2.05, 4.69) is 17.2 Å². The third-order valence-electron chi connectivity index (χ3n) is 4.66. The van der Waals surface area contributed by atoms with E-state index < -0.39 is 35.1 Å². The fraction of sp³-hybridized carbons (Fsp3) is 0.400. The first-order valence-corrected chi connectivity index (χ1v) is 8.42. The number of benzene rings is 1. The number of hydrogen-bond donors (Lipinski definition) is 2. The van der Waals surface area contributed by atoms with Crippen LogP contribution in [0.5, 0.6) is 0 Å². The molecule has 1 aliphatic heterocycles. The zero-order chi connectivity index (χ0) is 19.6. The van der Waals surface area contributed by atoms with Crippen LogP contribution in [0.4, 0.5) is 14.5 Å². The fourth-order valence-corrected chi connectivity index (χ4v) is 2.76. The normalized spacial score (nSPS) is 20.7. The van der Waals surface area contributed by atoms with E-state index in [0.29, 0.717) is 11.1 Å². The zero-order valence-electron chi connectivity index (χ0n) is 15.5. The molecular formula is C20H24F2N2O2. The molecule has 2 amide bonds. The van der Waals surface area contributed by atoms with Crippen molar-refractivity contribution in [2.45, 2.75) is 33.4 Å². The second-order valence-corrected chi connectivity index (χ2v) is 7.18. The van der Waals surface area contributed by atoms with Crippen molar-refractivity contribution in [2.75, 3.05) is 11.9 Å². The van der Waals surface area contributed by atoms with Gasteiger partial charge in [-0.15, -0.1) is 0 Å². The fourth-order valence-electron chi connectivity index (χ4n) is 2.76. The van der Waals surface area contributed by atoms with Crippen molar-refractivity contribution in [3.05, 3.63) is 53.4 Å². The minimum atomic E-state index is -1.53.